The summed E-state index contributed by atoms with van der Waals surface area (Å²) in [6.07, 6.45) is 1.11. The van der Waals surface area contributed by atoms with Crippen molar-refractivity contribution in [2.45, 2.75) is 20.3 Å². The Balaban J connectivity index is 2.05. The summed E-state index contributed by atoms with van der Waals surface area (Å²) >= 11 is 0. The highest BCUT2D eigenvalue weighted by atomic mass is 32.2. The lowest BCUT2D eigenvalue weighted by Gasteiger charge is -2.22. The molecule has 7 nitrogen and oxygen atoms in total. The minimum Gasteiger partial charge on any atom is -0.326 e. The molecule has 0 aliphatic rings. The van der Waals surface area contributed by atoms with Gasteiger partial charge in [-0.25, -0.2) is 8.42 Å². The summed E-state index contributed by atoms with van der Waals surface area (Å²) in [6, 6.07) is 13.8. The quantitative estimate of drug-likeness (QED) is 0.761. The van der Waals surface area contributed by atoms with Crippen LogP contribution in [0.1, 0.15) is 18.9 Å². The van der Waals surface area contributed by atoms with Crippen LogP contribution in [-0.2, 0) is 19.6 Å². The van der Waals surface area contributed by atoms with Crippen molar-refractivity contribution >= 4 is 38.9 Å². The van der Waals surface area contributed by atoms with Gasteiger partial charge in [0.05, 0.1) is 11.9 Å². The summed E-state index contributed by atoms with van der Waals surface area (Å²) < 4.78 is 25.4. The zero-order valence-corrected chi connectivity index (χ0v) is 16.3. The molecule has 27 heavy (non-hydrogen) atoms. The summed E-state index contributed by atoms with van der Waals surface area (Å²) in [7, 11) is -3.52. The van der Waals surface area contributed by atoms with Crippen molar-refractivity contribution in [3.8, 4) is 0 Å². The van der Waals surface area contributed by atoms with E-state index in [1.807, 2.05) is 13.0 Å². The topological polar surface area (TPSA) is 95.6 Å². The molecular weight excluding hydrogens is 366 g/mol. The Hall–Kier alpha value is -2.87. The zero-order chi connectivity index (χ0) is 20.0. The Morgan fingerprint density at radius 3 is 2.22 bits per heavy atom. The Morgan fingerprint density at radius 2 is 1.63 bits per heavy atom. The second-order valence-corrected chi connectivity index (χ2v) is 8.14. The van der Waals surface area contributed by atoms with E-state index in [4.69, 9.17) is 0 Å². The molecule has 0 aliphatic heterocycles. The van der Waals surface area contributed by atoms with Crippen molar-refractivity contribution in [3.05, 3.63) is 54.1 Å². The molecule has 0 atom stereocenters. The first-order valence-electron chi connectivity index (χ1n) is 8.37. The third-order valence-corrected chi connectivity index (χ3v) is 4.89. The zero-order valence-electron chi connectivity index (χ0n) is 15.5. The largest absolute Gasteiger partial charge is 0.326 e. The number of rotatable bonds is 7. The van der Waals surface area contributed by atoms with E-state index in [2.05, 4.69) is 10.6 Å². The SMILES string of the molecule is CC(=O)Nc1cccc(NC(=O)CCN(c2cccc(C)c2)S(C)(=O)=O)c1. The van der Waals surface area contributed by atoms with Crippen LogP contribution in [0.4, 0.5) is 17.1 Å². The van der Waals surface area contributed by atoms with Gasteiger partial charge in [-0.2, -0.15) is 0 Å². The van der Waals surface area contributed by atoms with Crippen LogP contribution in [0.3, 0.4) is 0 Å². The first-order chi connectivity index (χ1) is 12.6. The van der Waals surface area contributed by atoms with Crippen LogP contribution in [0.2, 0.25) is 0 Å². The molecule has 2 rings (SSSR count). The first-order valence-corrected chi connectivity index (χ1v) is 10.2. The van der Waals surface area contributed by atoms with Crippen molar-refractivity contribution in [3.63, 3.8) is 0 Å². The Morgan fingerprint density at radius 1 is 1.00 bits per heavy atom. The monoisotopic (exact) mass is 389 g/mol. The summed E-state index contributed by atoms with van der Waals surface area (Å²) in [6.45, 7) is 3.30. The van der Waals surface area contributed by atoms with E-state index >= 15 is 0 Å². The lowest BCUT2D eigenvalue weighted by molar-refractivity contribution is -0.116. The van der Waals surface area contributed by atoms with Crippen molar-refractivity contribution < 1.29 is 18.0 Å². The van der Waals surface area contributed by atoms with E-state index in [1.165, 1.54) is 11.2 Å². The highest BCUT2D eigenvalue weighted by Gasteiger charge is 2.18. The number of nitrogens with zero attached hydrogens (tertiary/aromatic N) is 1. The summed E-state index contributed by atoms with van der Waals surface area (Å²) in [5.41, 5.74) is 2.55. The number of hydrogen-bond acceptors (Lipinski definition) is 4. The van der Waals surface area contributed by atoms with E-state index in [9.17, 15) is 18.0 Å². The molecule has 0 saturated carbocycles. The fourth-order valence-corrected chi connectivity index (χ4v) is 3.49. The van der Waals surface area contributed by atoms with E-state index in [0.717, 1.165) is 11.8 Å². The van der Waals surface area contributed by atoms with E-state index in [0.29, 0.717) is 17.1 Å². The molecule has 2 aromatic carbocycles. The minimum atomic E-state index is -3.52. The molecule has 0 spiro atoms. The van der Waals surface area contributed by atoms with Crippen molar-refractivity contribution in [1.29, 1.82) is 0 Å². The number of nitrogens with one attached hydrogen (secondary N) is 2. The highest BCUT2D eigenvalue weighted by Crippen LogP contribution is 2.20. The van der Waals surface area contributed by atoms with Gasteiger partial charge in [0.25, 0.3) is 0 Å². The normalized spacial score (nSPS) is 10.9. The van der Waals surface area contributed by atoms with Gasteiger partial charge in [0.15, 0.2) is 0 Å². The number of amides is 2. The van der Waals surface area contributed by atoms with Crippen molar-refractivity contribution in [2.75, 3.05) is 27.7 Å². The Bertz CT molecular complexity index is 941. The van der Waals surface area contributed by atoms with Gasteiger partial charge in [-0.1, -0.05) is 18.2 Å². The molecule has 0 radical (unpaired) electrons. The Labute approximate surface area is 159 Å². The molecule has 0 heterocycles. The smallest absolute Gasteiger partial charge is 0.232 e. The van der Waals surface area contributed by atoms with Gasteiger partial charge in [0.2, 0.25) is 21.8 Å². The Kier molecular flexibility index (Phi) is 6.57. The van der Waals surface area contributed by atoms with Gasteiger partial charge >= 0.3 is 0 Å². The van der Waals surface area contributed by atoms with Crippen LogP contribution >= 0.6 is 0 Å². The predicted molar refractivity (Wildman–Crippen MR) is 107 cm³/mol. The molecule has 0 bridgehead atoms. The molecule has 0 saturated heterocycles. The average Bonchev–Trinajstić information content (AvgIpc) is 2.53. The van der Waals surface area contributed by atoms with Gasteiger partial charge in [-0.15, -0.1) is 0 Å². The third kappa shape index (κ3) is 6.41. The van der Waals surface area contributed by atoms with Gasteiger partial charge in [0, 0.05) is 31.3 Å². The highest BCUT2D eigenvalue weighted by molar-refractivity contribution is 7.92. The van der Waals surface area contributed by atoms with Gasteiger partial charge in [-0.05, 0) is 42.8 Å². The number of sulfonamides is 1. The maximum absolute atomic E-state index is 12.3. The molecule has 2 amide bonds. The van der Waals surface area contributed by atoms with Crippen LogP contribution in [0.15, 0.2) is 48.5 Å². The number of carbonyl (C=O) groups is 2. The second-order valence-electron chi connectivity index (χ2n) is 6.23. The van der Waals surface area contributed by atoms with E-state index in [1.54, 1.807) is 42.5 Å². The standard InChI is InChI=1S/C19H23N3O4S/c1-14-6-4-9-18(12-14)22(27(3,25)26)11-10-19(24)21-17-8-5-7-16(13-17)20-15(2)23/h4-9,12-13H,10-11H2,1-3H3,(H,20,23)(H,21,24). The summed E-state index contributed by atoms with van der Waals surface area (Å²) in [5, 5.41) is 5.35. The summed E-state index contributed by atoms with van der Waals surface area (Å²) in [5.74, 6) is -0.531. The van der Waals surface area contributed by atoms with Crippen LogP contribution in [-0.4, -0.2) is 33.0 Å². The van der Waals surface area contributed by atoms with E-state index < -0.39 is 10.0 Å². The number of carbonyl (C=O) groups excluding carboxylic acids is 2. The molecule has 144 valence electrons. The molecule has 0 aliphatic carbocycles. The summed E-state index contributed by atoms with van der Waals surface area (Å²) in [4.78, 5) is 23.4. The number of benzene rings is 2. The molecule has 2 aromatic rings. The van der Waals surface area contributed by atoms with Gasteiger partial charge in [0.1, 0.15) is 0 Å². The fraction of sp³-hybridized carbons (Fsp3) is 0.263. The minimum absolute atomic E-state index is 0.00856. The van der Waals surface area contributed by atoms with Gasteiger partial charge in [-0.3, -0.25) is 13.9 Å². The van der Waals surface area contributed by atoms with Crippen molar-refractivity contribution in [2.24, 2.45) is 0 Å². The number of hydrogen-bond donors (Lipinski definition) is 2. The second kappa shape index (κ2) is 8.68. The van der Waals surface area contributed by atoms with Crippen molar-refractivity contribution in [1.82, 2.24) is 0 Å². The van der Waals surface area contributed by atoms with Gasteiger partial charge < -0.3 is 10.6 Å². The average molecular weight is 389 g/mol. The molecule has 0 aromatic heterocycles. The maximum Gasteiger partial charge on any atom is 0.232 e. The third-order valence-electron chi connectivity index (χ3n) is 3.70. The predicted octanol–water partition coefficient (Wildman–Crippen LogP) is 2.75. The lowest BCUT2D eigenvalue weighted by atomic mass is 10.2. The number of aryl methyl sites for hydroxylation is 1. The van der Waals surface area contributed by atoms with Crippen LogP contribution in [0, 0.1) is 6.92 Å². The van der Waals surface area contributed by atoms with Crippen LogP contribution in [0.5, 0.6) is 0 Å². The molecule has 0 fully saturated rings. The molecule has 2 N–H and O–H groups in total. The van der Waals surface area contributed by atoms with Crippen LogP contribution < -0.4 is 14.9 Å². The number of anilines is 3. The molecule has 8 heteroatoms. The molecular formula is C19H23N3O4S. The molecule has 0 unspecified atom stereocenters. The fourth-order valence-electron chi connectivity index (χ4n) is 2.57. The maximum atomic E-state index is 12.3. The lowest BCUT2D eigenvalue weighted by Crippen LogP contribution is -2.33. The first kappa shape index (κ1) is 20.4. The van der Waals surface area contributed by atoms with Crippen LogP contribution in [0.25, 0.3) is 0 Å². The van der Waals surface area contributed by atoms with E-state index in [-0.39, 0.29) is 24.8 Å².